The lowest BCUT2D eigenvalue weighted by Crippen LogP contribution is -2.09. The molecule has 0 spiro atoms. The molecule has 3 nitrogen and oxygen atoms in total. The molecule has 1 saturated heterocycles. The smallest absolute Gasteiger partial charge is 0.131 e. The summed E-state index contributed by atoms with van der Waals surface area (Å²) in [5.41, 5.74) is 2.80. The Hall–Kier alpha value is -2.26. The largest absolute Gasteiger partial charge is 0.497 e. The Kier molecular flexibility index (Phi) is 3.80. The van der Waals surface area contributed by atoms with Crippen molar-refractivity contribution in [3.8, 4) is 17.2 Å². The number of nitrogens with one attached hydrogen (secondary N) is 1. The fourth-order valence-electron chi connectivity index (χ4n) is 3.53. The summed E-state index contributed by atoms with van der Waals surface area (Å²) >= 11 is 0. The molecule has 2 aromatic rings. The van der Waals surface area contributed by atoms with Crippen molar-refractivity contribution in [2.24, 2.45) is 11.8 Å². The first-order valence-electron chi connectivity index (χ1n) is 8.15. The van der Waals surface area contributed by atoms with E-state index in [-0.39, 0.29) is 0 Å². The Bertz CT molecular complexity index is 721. The molecule has 1 fully saturated rings. The average molecular weight is 307 g/mol. The van der Waals surface area contributed by atoms with Crippen LogP contribution in [-0.2, 0) is 0 Å². The topological polar surface area (TPSA) is 30.5 Å². The molecule has 118 valence electrons. The van der Waals surface area contributed by atoms with E-state index < -0.39 is 0 Å². The van der Waals surface area contributed by atoms with E-state index in [0.29, 0.717) is 0 Å². The van der Waals surface area contributed by atoms with Crippen molar-refractivity contribution in [3.63, 3.8) is 0 Å². The van der Waals surface area contributed by atoms with Crippen LogP contribution in [0, 0.1) is 11.8 Å². The second-order valence-corrected chi connectivity index (χ2v) is 6.28. The first kappa shape index (κ1) is 14.3. The molecule has 1 aliphatic heterocycles. The van der Waals surface area contributed by atoms with Gasteiger partial charge in [0.1, 0.15) is 17.2 Å². The fraction of sp³-hybridized carbons (Fsp3) is 0.300. The summed E-state index contributed by atoms with van der Waals surface area (Å²) in [5, 5.41) is 3.47. The minimum absolute atomic E-state index is 0.720. The lowest BCUT2D eigenvalue weighted by molar-refractivity contribution is 0.409. The second kappa shape index (κ2) is 6.09. The molecule has 1 heterocycles. The summed E-state index contributed by atoms with van der Waals surface area (Å²) in [6.45, 7) is 2.28. The molecule has 1 N–H and O–H groups in total. The van der Waals surface area contributed by atoms with Gasteiger partial charge in [-0.3, -0.25) is 0 Å². The van der Waals surface area contributed by atoms with Crippen molar-refractivity contribution in [3.05, 3.63) is 60.2 Å². The zero-order chi connectivity index (χ0) is 15.6. The molecule has 0 aromatic heterocycles. The Balaban J connectivity index is 1.48. The average Bonchev–Trinajstić information content (AvgIpc) is 3.17. The number of methoxy groups -OCH3 is 1. The Labute approximate surface area is 136 Å². The predicted octanol–water partition coefficient (Wildman–Crippen LogP) is 4.11. The van der Waals surface area contributed by atoms with Gasteiger partial charge < -0.3 is 14.8 Å². The Morgan fingerprint density at radius 2 is 1.78 bits per heavy atom. The molecular weight excluding hydrogens is 286 g/mol. The van der Waals surface area contributed by atoms with E-state index in [2.05, 4.69) is 23.5 Å². The second-order valence-electron chi connectivity index (χ2n) is 6.28. The highest BCUT2D eigenvalue weighted by molar-refractivity contribution is 5.69. The lowest BCUT2D eigenvalue weighted by atomic mass is 9.98. The predicted molar refractivity (Wildman–Crippen MR) is 92.0 cm³/mol. The number of benzene rings is 2. The van der Waals surface area contributed by atoms with E-state index in [9.17, 15) is 0 Å². The van der Waals surface area contributed by atoms with Crippen molar-refractivity contribution in [2.75, 3.05) is 20.2 Å². The van der Waals surface area contributed by atoms with Crippen molar-refractivity contribution >= 4 is 5.57 Å². The molecule has 3 heteroatoms. The van der Waals surface area contributed by atoms with Crippen LogP contribution in [-0.4, -0.2) is 20.2 Å². The monoisotopic (exact) mass is 307 g/mol. The molecule has 2 atom stereocenters. The summed E-state index contributed by atoms with van der Waals surface area (Å²) in [5.74, 6) is 3.95. The van der Waals surface area contributed by atoms with Gasteiger partial charge >= 0.3 is 0 Å². The number of allylic oxidation sites excluding steroid dienone is 1. The maximum Gasteiger partial charge on any atom is 0.131 e. The number of rotatable bonds is 4. The molecule has 2 aromatic carbocycles. The van der Waals surface area contributed by atoms with Gasteiger partial charge in [0.25, 0.3) is 0 Å². The summed E-state index contributed by atoms with van der Waals surface area (Å²) in [6, 6.07) is 16.1. The van der Waals surface area contributed by atoms with E-state index in [1.165, 1.54) is 17.6 Å². The van der Waals surface area contributed by atoms with Crippen LogP contribution in [0.25, 0.3) is 5.57 Å². The molecule has 0 bridgehead atoms. The highest BCUT2D eigenvalue weighted by atomic mass is 16.5. The van der Waals surface area contributed by atoms with Gasteiger partial charge in [-0.05, 0) is 60.2 Å². The van der Waals surface area contributed by atoms with E-state index in [0.717, 1.165) is 42.2 Å². The standard InChI is InChI=1S/C20H21NO2/c1-22-19-3-2-4-20(11-19)23-18-7-5-14(6-8-18)15-9-16-12-21-13-17(16)10-15/h2-9,11,16-17,21H,10,12-13H2,1H3/t16-,17+/m0/s1. The summed E-state index contributed by atoms with van der Waals surface area (Å²) in [7, 11) is 1.66. The van der Waals surface area contributed by atoms with Crippen molar-refractivity contribution in [1.29, 1.82) is 0 Å². The van der Waals surface area contributed by atoms with Crippen LogP contribution in [0.5, 0.6) is 17.2 Å². The third-order valence-corrected chi connectivity index (χ3v) is 4.79. The Morgan fingerprint density at radius 3 is 2.57 bits per heavy atom. The van der Waals surface area contributed by atoms with Crippen molar-refractivity contribution in [1.82, 2.24) is 5.32 Å². The maximum atomic E-state index is 5.90. The van der Waals surface area contributed by atoms with Crippen LogP contribution in [0.3, 0.4) is 0 Å². The quantitative estimate of drug-likeness (QED) is 0.922. The van der Waals surface area contributed by atoms with Gasteiger partial charge in [0.2, 0.25) is 0 Å². The van der Waals surface area contributed by atoms with E-state index in [1.54, 1.807) is 7.11 Å². The van der Waals surface area contributed by atoms with Crippen LogP contribution < -0.4 is 14.8 Å². The van der Waals surface area contributed by atoms with Gasteiger partial charge in [-0.15, -0.1) is 0 Å². The van der Waals surface area contributed by atoms with Crippen LogP contribution in [0.1, 0.15) is 12.0 Å². The number of fused-ring (bicyclic) bond motifs is 1. The van der Waals surface area contributed by atoms with Gasteiger partial charge in [-0.25, -0.2) is 0 Å². The number of ether oxygens (including phenoxy) is 2. The molecule has 2 aliphatic rings. The van der Waals surface area contributed by atoms with Gasteiger partial charge in [-0.2, -0.15) is 0 Å². The first-order chi connectivity index (χ1) is 11.3. The number of hydrogen-bond donors (Lipinski definition) is 1. The molecular formula is C20H21NO2. The summed E-state index contributed by atoms with van der Waals surface area (Å²) in [6.07, 6.45) is 3.64. The summed E-state index contributed by atoms with van der Waals surface area (Å²) in [4.78, 5) is 0. The van der Waals surface area contributed by atoms with Gasteiger partial charge in [-0.1, -0.05) is 24.3 Å². The molecule has 0 unspecified atom stereocenters. The highest BCUT2D eigenvalue weighted by Crippen LogP contribution is 2.38. The van der Waals surface area contributed by atoms with E-state index in [1.807, 2.05) is 36.4 Å². The molecule has 1 aliphatic carbocycles. The molecule has 23 heavy (non-hydrogen) atoms. The van der Waals surface area contributed by atoms with Crippen LogP contribution in [0.2, 0.25) is 0 Å². The Morgan fingerprint density at radius 1 is 0.957 bits per heavy atom. The highest BCUT2D eigenvalue weighted by Gasteiger charge is 2.31. The molecule has 0 amide bonds. The van der Waals surface area contributed by atoms with Crippen LogP contribution >= 0.6 is 0 Å². The van der Waals surface area contributed by atoms with E-state index in [4.69, 9.17) is 9.47 Å². The normalized spacial score (nSPS) is 22.6. The summed E-state index contributed by atoms with van der Waals surface area (Å²) < 4.78 is 11.1. The minimum atomic E-state index is 0.720. The molecule has 0 radical (unpaired) electrons. The fourth-order valence-corrected chi connectivity index (χ4v) is 3.53. The number of hydrogen-bond acceptors (Lipinski definition) is 3. The minimum Gasteiger partial charge on any atom is -0.497 e. The van der Waals surface area contributed by atoms with Crippen LogP contribution in [0.15, 0.2) is 54.6 Å². The third kappa shape index (κ3) is 2.97. The van der Waals surface area contributed by atoms with E-state index >= 15 is 0 Å². The van der Waals surface area contributed by atoms with Gasteiger partial charge in [0.05, 0.1) is 7.11 Å². The van der Waals surface area contributed by atoms with Crippen molar-refractivity contribution in [2.45, 2.75) is 6.42 Å². The van der Waals surface area contributed by atoms with Gasteiger partial charge in [0.15, 0.2) is 0 Å². The zero-order valence-corrected chi connectivity index (χ0v) is 13.3. The first-order valence-corrected chi connectivity index (χ1v) is 8.15. The zero-order valence-electron chi connectivity index (χ0n) is 13.3. The third-order valence-electron chi connectivity index (χ3n) is 4.79. The van der Waals surface area contributed by atoms with Gasteiger partial charge in [0, 0.05) is 12.6 Å². The van der Waals surface area contributed by atoms with Crippen LogP contribution in [0.4, 0.5) is 0 Å². The SMILES string of the molecule is COc1cccc(Oc2ccc(C3=C[C@H]4CNC[C@H]4C3)cc2)c1. The lowest BCUT2D eigenvalue weighted by Gasteiger charge is -2.09. The van der Waals surface area contributed by atoms with Crippen molar-refractivity contribution < 1.29 is 9.47 Å². The maximum absolute atomic E-state index is 5.90. The molecule has 0 saturated carbocycles. The molecule has 4 rings (SSSR count).